The number of nitrogens with zero attached hydrogens (tertiary/aromatic N) is 3. The molecule has 1 heterocycles. The van der Waals surface area contributed by atoms with E-state index in [1.54, 1.807) is 25.2 Å². The number of hydrogen-bond donors (Lipinski definition) is 2. The molecule has 9 heteroatoms. The minimum atomic E-state index is -2.84. The van der Waals surface area contributed by atoms with E-state index >= 15 is 0 Å². The number of alkyl halides is 2. The monoisotopic (exact) mass is 518 g/mol. The Hall–Kier alpha value is -2.30. The van der Waals surface area contributed by atoms with Gasteiger partial charge in [-0.25, -0.2) is 0 Å². The van der Waals surface area contributed by atoms with Gasteiger partial charge in [-0.15, -0.1) is 24.0 Å². The Morgan fingerprint density at radius 1 is 1.14 bits per heavy atom. The summed E-state index contributed by atoms with van der Waals surface area (Å²) >= 11 is 0. The molecule has 1 aliphatic heterocycles. The zero-order valence-corrected chi connectivity index (χ0v) is 18.4. The van der Waals surface area contributed by atoms with Crippen molar-refractivity contribution in [3.63, 3.8) is 0 Å². The van der Waals surface area contributed by atoms with Crippen LogP contribution in [0, 0.1) is 0 Å². The third-order valence-electron chi connectivity index (χ3n) is 4.59. The first-order valence-electron chi connectivity index (χ1n) is 9.09. The fourth-order valence-corrected chi connectivity index (χ4v) is 3.24. The second-order valence-corrected chi connectivity index (χ2v) is 6.39. The molecule has 1 saturated heterocycles. The van der Waals surface area contributed by atoms with Gasteiger partial charge in [-0.3, -0.25) is 4.99 Å². The smallest absolute Gasteiger partial charge is 0.387 e. The van der Waals surface area contributed by atoms with Crippen molar-refractivity contribution in [1.29, 1.82) is 0 Å². The third-order valence-corrected chi connectivity index (χ3v) is 4.59. The van der Waals surface area contributed by atoms with Crippen LogP contribution < -0.4 is 15.0 Å². The van der Waals surface area contributed by atoms with Crippen LogP contribution in [-0.4, -0.2) is 55.8 Å². The number of phenolic OH excluding ortho intramolecular Hbond substituents is 1. The summed E-state index contributed by atoms with van der Waals surface area (Å²) in [6.07, 6.45) is 0. The summed E-state index contributed by atoms with van der Waals surface area (Å²) in [5.74, 6) is 1.17. The molecule has 2 N–H and O–H groups in total. The maximum atomic E-state index is 12.4. The minimum absolute atomic E-state index is 0. The number of benzene rings is 2. The molecule has 1 aliphatic rings. The summed E-state index contributed by atoms with van der Waals surface area (Å²) in [6.45, 7) is 0.639. The summed E-state index contributed by atoms with van der Waals surface area (Å²) in [4.78, 5) is 8.60. The molecular weight excluding hydrogens is 493 g/mol. The van der Waals surface area contributed by atoms with Crippen molar-refractivity contribution in [2.45, 2.75) is 13.2 Å². The number of halogens is 3. The molecule has 0 amide bonds. The van der Waals surface area contributed by atoms with Crippen LogP contribution in [0.4, 0.5) is 14.5 Å². The number of piperazine rings is 1. The zero-order chi connectivity index (χ0) is 19.9. The highest BCUT2D eigenvalue weighted by Crippen LogP contribution is 2.27. The van der Waals surface area contributed by atoms with Gasteiger partial charge in [0.1, 0.15) is 11.5 Å². The van der Waals surface area contributed by atoms with E-state index in [1.807, 2.05) is 24.3 Å². The van der Waals surface area contributed by atoms with Gasteiger partial charge in [0.05, 0.1) is 5.69 Å². The number of anilines is 1. The number of para-hydroxylation sites is 2. The molecule has 6 nitrogen and oxygen atoms in total. The van der Waals surface area contributed by atoms with Gasteiger partial charge < -0.3 is 25.0 Å². The molecule has 1 fully saturated rings. The Morgan fingerprint density at radius 2 is 1.86 bits per heavy atom. The molecule has 2 aromatic rings. The largest absolute Gasteiger partial charge is 0.506 e. The predicted molar refractivity (Wildman–Crippen MR) is 121 cm³/mol. The van der Waals surface area contributed by atoms with E-state index in [-0.39, 0.29) is 35.5 Å². The summed E-state index contributed by atoms with van der Waals surface area (Å²) in [5.41, 5.74) is 1.66. The number of ether oxygens (including phenoxy) is 1. The first-order valence-corrected chi connectivity index (χ1v) is 9.09. The SMILES string of the molecule is CN=C(NCc1cccc(OC(F)F)c1)N1CCN(c2ccccc2O)CC1.I. The first kappa shape index (κ1) is 23.0. The van der Waals surface area contributed by atoms with Crippen LogP contribution in [0.3, 0.4) is 0 Å². The Labute approximate surface area is 186 Å². The van der Waals surface area contributed by atoms with Gasteiger partial charge >= 0.3 is 6.61 Å². The van der Waals surface area contributed by atoms with Crippen LogP contribution in [0.2, 0.25) is 0 Å². The Balaban J connectivity index is 0.00000300. The van der Waals surface area contributed by atoms with E-state index in [0.717, 1.165) is 43.4 Å². The highest BCUT2D eigenvalue weighted by Gasteiger charge is 2.21. The van der Waals surface area contributed by atoms with E-state index in [2.05, 4.69) is 24.8 Å². The van der Waals surface area contributed by atoms with Gasteiger partial charge in [-0.05, 0) is 29.8 Å². The van der Waals surface area contributed by atoms with Crippen molar-refractivity contribution in [2.24, 2.45) is 4.99 Å². The molecule has 0 saturated carbocycles. The van der Waals surface area contributed by atoms with Crippen LogP contribution >= 0.6 is 24.0 Å². The molecule has 0 bridgehead atoms. The van der Waals surface area contributed by atoms with Gasteiger partial charge in [-0.2, -0.15) is 8.78 Å². The summed E-state index contributed by atoms with van der Waals surface area (Å²) < 4.78 is 29.2. The number of guanidine groups is 1. The van der Waals surface area contributed by atoms with Crippen molar-refractivity contribution in [3.05, 3.63) is 54.1 Å². The molecule has 0 radical (unpaired) electrons. The van der Waals surface area contributed by atoms with E-state index in [1.165, 1.54) is 6.07 Å². The topological polar surface area (TPSA) is 60.3 Å². The van der Waals surface area contributed by atoms with E-state index < -0.39 is 6.61 Å². The molecule has 0 spiro atoms. The van der Waals surface area contributed by atoms with Crippen LogP contribution in [0.15, 0.2) is 53.5 Å². The summed E-state index contributed by atoms with van der Waals surface area (Å²) in [5, 5.41) is 13.3. The maximum absolute atomic E-state index is 12.4. The Kier molecular flexibility index (Phi) is 8.74. The number of hydrogen-bond acceptors (Lipinski definition) is 4. The predicted octanol–water partition coefficient (Wildman–Crippen LogP) is 3.51. The average molecular weight is 518 g/mol. The molecule has 0 unspecified atom stereocenters. The number of phenols is 1. The van der Waals surface area contributed by atoms with Gasteiger partial charge in [0.2, 0.25) is 0 Å². The van der Waals surface area contributed by atoms with E-state index in [4.69, 9.17) is 0 Å². The molecule has 0 aliphatic carbocycles. The van der Waals surface area contributed by atoms with Crippen molar-refractivity contribution in [3.8, 4) is 11.5 Å². The number of nitrogens with one attached hydrogen (secondary N) is 1. The third kappa shape index (κ3) is 6.34. The van der Waals surface area contributed by atoms with Crippen LogP contribution in [0.25, 0.3) is 0 Å². The van der Waals surface area contributed by atoms with Gasteiger partial charge in [0.25, 0.3) is 0 Å². The maximum Gasteiger partial charge on any atom is 0.387 e. The highest BCUT2D eigenvalue weighted by molar-refractivity contribution is 14.0. The van der Waals surface area contributed by atoms with E-state index in [0.29, 0.717) is 6.54 Å². The van der Waals surface area contributed by atoms with Crippen molar-refractivity contribution < 1.29 is 18.6 Å². The molecule has 2 aromatic carbocycles. The van der Waals surface area contributed by atoms with E-state index in [9.17, 15) is 13.9 Å². The summed E-state index contributed by atoms with van der Waals surface area (Å²) in [6, 6.07) is 13.9. The van der Waals surface area contributed by atoms with Crippen molar-refractivity contribution >= 4 is 35.6 Å². The van der Waals surface area contributed by atoms with Gasteiger partial charge in [0.15, 0.2) is 5.96 Å². The number of rotatable bonds is 5. The van der Waals surface area contributed by atoms with Crippen molar-refractivity contribution in [1.82, 2.24) is 10.2 Å². The van der Waals surface area contributed by atoms with Gasteiger partial charge in [-0.1, -0.05) is 24.3 Å². The average Bonchev–Trinajstić information content (AvgIpc) is 2.69. The number of aromatic hydroxyl groups is 1. The Morgan fingerprint density at radius 3 is 2.52 bits per heavy atom. The summed E-state index contributed by atoms with van der Waals surface area (Å²) in [7, 11) is 1.72. The molecular formula is C20H25F2IN4O2. The molecule has 29 heavy (non-hydrogen) atoms. The fraction of sp³-hybridized carbons (Fsp3) is 0.350. The molecule has 3 rings (SSSR count). The fourth-order valence-electron chi connectivity index (χ4n) is 3.24. The second kappa shape index (κ2) is 11.0. The van der Waals surface area contributed by atoms with Crippen LogP contribution in [-0.2, 0) is 6.54 Å². The minimum Gasteiger partial charge on any atom is -0.506 e. The molecule has 0 atom stereocenters. The zero-order valence-electron chi connectivity index (χ0n) is 16.1. The van der Waals surface area contributed by atoms with Crippen LogP contribution in [0.5, 0.6) is 11.5 Å². The lowest BCUT2D eigenvalue weighted by Gasteiger charge is -2.37. The molecule has 0 aromatic heterocycles. The normalized spacial score (nSPS) is 14.6. The Bertz CT molecular complexity index is 815. The lowest BCUT2D eigenvalue weighted by molar-refractivity contribution is -0.0498. The number of aliphatic imine (C=N–C) groups is 1. The quantitative estimate of drug-likeness (QED) is 0.361. The van der Waals surface area contributed by atoms with Crippen molar-refractivity contribution in [2.75, 3.05) is 38.1 Å². The molecule has 158 valence electrons. The van der Waals surface area contributed by atoms with Crippen LogP contribution in [0.1, 0.15) is 5.56 Å². The lowest BCUT2D eigenvalue weighted by Crippen LogP contribution is -2.52. The first-order chi connectivity index (χ1) is 13.6. The standard InChI is InChI=1S/C20H24F2N4O2.HI/c1-23-20(24-14-15-5-4-6-16(13-15)28-19(21)22)26-11-9-25(10-12-26)17-7-2-3-8-18(17)27;/h2-8,13,19,27H,9-12,14H2,1H3,(H,23,24);1H. The highest BCUT2D eigenvalue weighted by atomic mass is 127. The lowest BCUT2D eigenvalue weighted by atomic mass is 10.2. The van der Waals surface area contributed by atoms with Gasteiger partial charge in [0, 0.05) is 39.8 Å². The second-order valence-electron chi connectivity index (χ2n) is 6.39.